The molecule has 0 spiro atoms. The maximum atomic E-state index is 12.6. The van der Waals surface area contributed by atoms with Gasteiger partial charge in [-0.05, 0) is 60.6 Å². The van der Waals surface area contributed by atoms with Gasteiger partial charge >= 0.3 is 0 Å². The normalized spacial score (nSPS) is 13.6. The molecule has 0 radical (unpaired) electrons. The van der Waals surface area contributed by atoms with E-state index in [2.05, 4.69) is 45.3 Å². The van der Waals surface area contributed by atoms with Gasteiger partial charge in [-0.25, -0.2) is 0 Å². The number of hydrogen-bond donors (Lipinski definition) is 2. The zero-order valence-electron chi connectivity index (χ0n) is 19.1. The minimum atomic E-state index is -0.354. The maximum Gasteiger partial charge on any atom is 0.261 e. The molecule has 2 aromatic rings. The van der Waals surface area contributed by atoms with E-state index in [0.29, 0.717) is 23.7 Å². The highest BCUT2D eigenvalue weighted by atomic mass is 79.9. The third-order valence-electron chi connectivity index (χ3n) is 5.34. The number of thiocarbonyl (C=S) groups is 1. The summed E-state index contributed by atoms with van der Waals surface area (Å²) in [4.78, 5) is 29.1. The Labute approximate surface area is 208 Å². The minimum absolute atomic E-state index is 0.201. The number of carbonyl (C=O) groups is 2. The summed E-state index contributed by atoms with van der Waals surface area (Å²) >= 11 is 8.67. The van der Waals surface area contributed by atoms with Crippen LogP contribution in [0.1, 0.15) is 30.6 Å². The summed E-state index contributed by atoms with van der Waals surface area (Å²) in [6, 6.07) is 13.1. The predicted molar refractivity (Wildman–Crippen MR) is 139 cm³/mol. The topological polar surface area (TPSA) is 73.9 Å². The summed E-state index contributed by atoms with van der Waals surface area (Å²) in [6.45, 7) is 7.22. The van der Waals surface area contributed by atoms with Crippen molar-refractivity contribution in [3.63, 3.8) is 0 Å². The standard InChI is InChI=1S/C24H29BrN4O3S/c1-16(2)14-22(30)29-12-10-28(11-13-29)19-7-5-18(6-8-19)26-24(33)27-23(31)20-15-17(25)4-9-21(20)32-3/h4-9,15-16H,10-14H2,1-3H3,(H2,26,27,31,33). The van der Waals surface area contributed by atoms with Gasteiger partial charge in [0.1, 0.15) is 5.75 Å². The van der Waals surface area contributed by atoms with Crippen LogP contribution < -0.4 is 20.3 Å². The van der Waals surface area contributed by atoms with Crippen LogP contribution >= 0.6 is 28.1 Å². The number of carbonyl (C=O) groups excluding carboxylic acids is 2. The molecule has 0 unspecified atom stereocenters. The highest BCUT2D eigenvalue weighted by molar-refractivity contribution is 9.10. The van der Waals surface area contributed by atoms with Crippen LogP contribution in [-0.2, 0) is 4.79 Å². The Kier molecular flexibility index (Phi) is 8.68. The number of hydrogen-bond acceptors (Lipinski definition) is 5. The molecule has 0 aromatic heterocycles. The number of rotatable bonds is 6. The third kappa shape index (κ3) is 6.91. The summed E-state index contributed by atoms with van der Waals surface area (Å²) in [7, 11) is 1.52. The number of ether oxygens (including phenoxy) is 1. The van der Waals surface area contributed by atoms with E-state index in [1.807, 2.05) is 29.2 Å². The lowest BCUT2D eigenvalue weighted by Crippen LogP contribution is -2.49. The average molecular weight is 533 g/mol. The number of nitrogens with one attached hydrogen (secondary N) is 2. The highest BCUT2D eigenvalue weighted by Crippen LogP contribution is 2.23. The second-order valence-electron chi connectivity index (χ2n) is 8.27. The summed E-state index contributed by atoms with van der Waals surface area (Å²) in [5.74, 6) is 0.726. The van der Waals surface area contributed by atoms with Crippen molar-refractivity contribution in [3.8, 4) is 5.75 Å². The lowest BCUT2D eigenvalue weighted by molar-refractivity contribution is -0.132. The molecule has 1 fully saturated rings. The molecule has 1 aliphatic rings. The first-order valence-corrected chi connectivity index (χ1v) is 12.1. The number of nitrogens with zero attached hydrogens (tertiary/aromatic N) is 2. The molecule has 3 rings (SSSR count). The van der Waals surface area contributed by atoms with Crippen LogP contribution in [0, 0.1) is 5.92 Å². The fraction of sp³-hybridized carbons (Fsp3) is 0.375. The lowest BCUT2D eigenvalue weighted by Gasteiger charge is -2.36. The molecule has 0 saturated carbocycles. The van der Waals surface area contributed by atoms with Crippen molar-refractivity contribution < 1.29 is 14.3 Å². The summed E-state index contributed by atoms with van der Waals surface area (Å²) in [5, 5.41) is 5.93. The molecule has 0 aliphatic carbocycles. The number of amides is 2. The summed E-state index contributed by atoms with van der Waals surface area (Å²) in [5.41, 5.74) is 2.25. The quantitative estimate of drug-likeness (QED) is 0.541. The molecule has 0 bridgehead atoms. The van der Waals surface area contributed by atoms with E-state index in [1.165, 1.54) is 7.11 Å². The molecule has 2 aromatic carbocycles. The maximum absolute atomic E-state index is 12.6. The lowest BCUT2D eigenvalue weighted by atomic mass is 10.1. The fourth-order valence-corrected chi connectivity index (χ4v) is 4.21. The molecule has 33 heavy (non-hydrogen) atoms. The molecule has 1 saturated heterocycles. The van der Waals surface area contributed by atoms with Crippen LogP contribution in [0.15, 0.2) is 46.9 Å². The van der Waals surface area contributed by atoms with Gasteiger partial charge in [0.25, 0.3) is 5.91 Å². The molecule has 1 aliphatic heterocycles. The largest absolute Gasteiger partial charge is 0.496 e. The van der Waals surface area contributed by atoms with Gasteiger partial charge in [0.05, 0.1) is 12.7 Å². The van der Waals surface area contributed by atoms with Gasteiger partial charge in [-0.1, -0.05) is 29.8 Å². The van der Waals surface area contributed by atoms with Gasteiger partial charge in [0.15, 0.2) is 5.11 Å². The van der Waals surface area contributed by atoms with Gasteiger partial charge < -0.3 is 19.9 Å². The molecule has 0 atom stereocenters. The smallest absolute Gasteiger partial charge is 0.261 e. The predicted octanol–water partition coefficient (Wildman–Crippen LogP) is 4.28. The Bertz CT molecular complexity index is 1010. The van der Waals surface area contributed by atoms with Gasteiger partial charge in [-0.3, -0.25) is 14.9 Å². The van der Waals surface area contributed by atoms with Crippen LogP contribution in [0.25, 0.3) is 0 Å². The fourth-order valence-electron chi connectivity index (χ4n) is 3.64. The molecular formula is C24H29BrN4O3S. The van der Waals surface area contributed by atoms with E-state index >= 15 is 0 Å². The van der Waals surface area contributed by atoms with Crippen molar-refractivity contribution in [2.75, 3.05) is 43.5 Å². The van der Waals surface area contributed by atoms with Gasteiger partial charge in [0, 0.05) is 48.4 Å². The van der Waals surface area contributed by atoms with Crippen molar-refractivity contribution in [1.29, 1.82) is 0 Å². The minimum Gasteiger partial charge on any atom is -0.496 e. The zero-order chi connectivity index (χ0) is 24.0. The van der Waals surface area contributed by atoms with Crippen LogP contribution in [0.2, 0.25) is 0 Å². The monoisotopic (exact) mass is 532 g/mol. The van der Waals surface area contributed by atoms with Crippen molar-refractivity contribution in [3.05, 3.63) is 52.5 Å². The number of piperazine rings is 1. The summed E-state index contributed by atoms with van der Waals surface area (Å²) < 4.78 is 6.03. The van der Waals surface area contributed by atoms with Crippen molar-refractivity contribution in [1.82, 2.24) is 10.2 Å². The van der Waals surface area contributed by atoms with Crippen LogP contribution in [-0.4, -0.2) is 55.1 Å². The molecule has 1 heterocycles. The molecular weight excluding hydrogens is 504 g/mol. The van der Waals surface area contributed by atoms with Gasteiger partial charge in [0.2, 0.25) is 5.91 Å². The Balaban J connectivity index is 1.53. The molecule has 9 heteroatoms. The third-order valence-corrected chi connectivity index (χ3v) is 6.04. The van der Waals surface area contributed by atoms with E-state index in [-0.39, 0.29) is 16.9 Å². The van der Waals surface area contributed by atoms with Crippen molar-refractivity contribution in [2.24, 2.45) is 5.92 Å². The number of halogens is 1. The highest BCUT2D eigenvalue weighted by Gasteiger charge is 2.21. The van der Waals surface area contributed by atoms with Crippen LogP contribution in [0.3, 0.4) is 0 Å². The van der Waals surface area contributed by atoms with E-state index in [9.17, 15) is 9.59 Å². The van der Waals surface area contributed by atoms with E-state index < -0.39 is 0 Å². The van der Waals surface area contributed by atoms with E-state index in [1.54, 1.807) is 18.2 Å². The Morgan fingerprint density at radius 1 is 1.09 bits per heavy atom. The molecule has 2 amide bonds. The van der Waals surface area contributed by atoms with E-state index in [4.69, 9.17) is 17.0 Å². The van der Waals surface area contributed by atoms with Crippen molar-refractivity contribution >= 4 is 56.4 Å². The average Bonchev–Trinajstić information content (AvgIpc) is 2.79. The molecule has 7 nitrogen and oxygen atoms in total. The van der Waals surface area contributed by atoms with E-state index in [0.717, 1.165) is 42.0 Å². The number of anilines is 2. The second-order valence-corrected chi connectivity index (χ2v) is 9.59. The Morgan fingerprint density at radius 3 is 2.36 bits per heavy atom. The first-order valence-electron chi connectivity index (χ1n) is 10.9. The number of benzene rings is 2. The van der Waals surface area contributed by atoms with Crippen molar-refractivity contribution in [2.45, 2.75) is 20.3 Å². The number of methoxy groups -OCH3 is 1. The second kappa shape index (κ2) is 11.5. The first kappa shape index (κ1) is 25.0. The Morgan fingerprint density at radius 2 is 1.76 bits per heavy atom. The first-order chi connectivity index (χ1) is 15.8. The molecule has 176 valence electrons. The van der Waals surface area contributed by atoms with Crippen LogP contribution in [0.4, 0.5) is 11.4 Å². The summed E-state index contributed by atoms with van der Waals surface area (Å²) in [6.07, 6.45) is 0.602. The van der Waals surface area contributed by atoms with Crippen LogP contribution in [0.5, 0.6) is 5.75 Å². The zero-order valence-corrected chi connectivity index (χ0v) is 21.5. The SMILES string of the molecule is COc1ccc(Br)cc1C(=O)NC(=S)Nc1ccc(N2CCN(C(=O)CC(C)C)CC2)cc1. The van der Waals surface area contributed by atoms with Gasteiger partial charge in [-0.15, -0.1) is 0 Å². The molecule has 2 N–H and O–H groups in total. The Hall–Kier alpha value is -2.65. The van der Waals surface area contributed by atoms with Gasteiger partial charge in [-0.2, -0.15) is 0 Å².